The van der Waals surface area contributed by atoms with Crippen LogP contribution in [0, 0.1) is 17.3 Å². The van der Waals surface area contributed by atoms with E-state index in [4.69, 9.17) is 5.73 Å². The monoisotopic (exact) mass is 151 g/mol. The third kappa shape index (κ3) is 0.698. The minimum atomic E-state index is 0.322. The normalized spacial score (nSPS) is 46.8. The summed E-state index contributed by atoms with van der Waals surface area (Å²) < 4.78 is 0. The third-order valence-electron chi connectivity index (χ3n) is 3.92. The van der Waals surface area contributed by atoms with Crippen LogP contribution >= 0.6 is 0 Å². The first-order chi connectivity index (χ1) is 5.05. The van der Waals surface area contributed by atoms with Gasteiger partial charge in [0.15, 0.2) is 0 Å². The zero-order chi connectivity index (χ0) is 8.22. The van der Waals surface area contributed by atoms with Gasteiger partial charge in [0.05, 0.1) is 0 Å². The molecule has 1 nitrogen and oxygen atoms in total. The summed E-state index contributed by atoms with van der Waals surface area (Å²) in [6.07, 6.45) is 2.60. The van der Waals surface area contributed by atoms with Crippen molar-refractivity contribution < 1.29 is 0 Å². The van der Waals surface area contributed by atoms with Gasteiger partial charge in [0, 0.05) is 6.04 Å². The summed E-state index contributed by atoms with van der Waals surface area (Å²) in [5.74, 6) is 1.34. The summed E-state index contributed by atoms with van der Waals surface area (Å²) in [7, 11) is 0. The van der Waals surface area contributed by atoms with Gasteiger partial charge in [0.25, 0.3) is 0 Å². The third-order valence-corrected chi connectivity index (χ3v) is 3.92. The smallest absolute Gasteiger partial charge is 0.0141 e. The van der Waals surface area contributed by atoms with E-state index in [1.807, 2.05) is 0 Å². The zero-order valence-electron chi connectivity index (χ0n) is 7.43. The van der Waals surface area contributed by atoms with Crippen LogP contribution in [-0.2, 0) is 0 Å². The molecule has 2 bridgehead atoms. The lowest BCUT2D eigenvalue weighted by molar-refractivity contribution is 0.277. The Bertz CT molecular complexity index is 205. The highest BCUT2D eigenvalue weighted by atomic mass is 14.8. The van der Waals surface area contributed by atoms with Crippen molar-refractivity contribution in [2.75, 3.05) is 0 Å². The summed E-state index contributed by atoms with van der Waals surface area (Å²) in [6, 6.07) is 0.414. The van der Waals surface area contributed by atoms with Gasteiger partial charge in [-0.05, 0) is 30.1 Å². The van der Waals surface area contributed by atoms with E-state index < -0.39 is 0 Å². The fraction of sp³-hybridized carbons (Fsp3) is 0.800. The molecule has 11 heavy (non-hydrogen) atoms. The second-order valence-electron chi connectivity index (χ2n) is 4.61. The second-order valence-corrected chi connectivity index (χ2v) is 4.61. The van der Waals surface area contributed by atoms with Crippen molar-refractivity contribution in [1.29, 1.82) is 0 Å². The molecule has 2 fully saturated rings. The Labute approximate surface area is 68.7 Å². The zero-order valence-corrected chi connectivity index (χ0v) is 7.43. The van der Waals surface area contributed by atoms with E-state index in [-0.39, 0.29) is 0 Å². The van der Waals surface area contributed by atoms with Crippen molar-refractivity contribution >= 4 is 0 Å². The average molecular weight is 151 g/mol. The molecule has 2 aliphatic rings. The number of hydrogen-bond donors (Lipinski definition) is 1. The van der Waals surface area contributed by atoms with Crippen LogP contribution in [0.15, 0.2) is 12.2 Å². The Morgan fingerprint density at radius 3 is 2.36 bits per heavy atom. The lowest BCUT2D eigenvalue weighted by Crippen LogP contribution is -2.29. The lowest BCUT2D eigenvalue weighted by atomic mass is 9.73. The molecule has 0 aromatic heterocycles. The SMILES string of the molecule is C=C1[C@@H]2CC[C@@H]([C@@H]2N)C1(C)C. The van der Waals surface area contributed by atoms with Crippen molar-refractivity contribution in [3.8, 4) is 0 Å². The second kappa shape index (κ2) is 1.89. The maximum absolute atomic E-state index is 6.09. The molecule has 0 radical (unpaired) electrons. The summed E-state index contributed by atoms with van der Waals surface area (Å²) >= 11 is 0. The molecular formula is C10H17N. The van der Waals surface area contributed by atoms with Crippen molar-refractivity contribution in [1.82, 2.24) is 0 Å². The first-order valence-corrected chi connectivity index (χ1v) is 4.50. The summed E-state index contributed by atoms with van der Waals surface area (Å²) in [4.78, 5) is 0. The first-order valence-electron chi connectivity index (χ1n) is 4.50. The van der Waals surface area contributed by atoms with Gasteiger partial charge in [-0.2, -0.15) is 0 Å². The average Bonchev–Trinajstić information content (AvgIpc) is 2.34. The van der Waals surface area contributed by atoms with Gasteiger partial charge in [0.2, 0.25) is 0 Å². The van der Waals surface area contributed by atoms with Crippen LogP contribution in [-0.4, -0.2) is 6.04 Å². The highest BCUT2D eigenvalue weighted by molar-refractivity contribution is 5.27. The van der Waals surface area contributed by atoms with Gasteiger partial charge >= 0.3 is 0 Å². The van der Waals surface area contributed by atoms with Gasteiger partial charge in [-0.3, -0.25) is 0 Å². The van der Waals surface area contributed by atoms with Crippen molar-refractivity contribution in [2.45, 2.75) is 32.7 Å². The van der Waals surface area contributed by atoms with Gasteiger partial charge < -0.3 is 5.73 Å². The fourth-order valence-electron chi connectivity index (χ4n) is 2.99. The van der Waals surface area contributed by atoms with Crippen molar-refractivity contribution in [2.24, 2.45) is 23.0 Å². The molecule has 0 spiro atoms. The molecule has 0 aromatic rings. The predicted molar refractivity (Wildman–Crippen MR) is 47.1 cm³/mol. The molecule has 2 N–H and O–H groups in total. The van der Waals surface area contributed by atoms with E-state index in [9.17, 15) is 0 Å². The molecule has 1 heteroatoms. The van der Waals surface area contributed by atoms with Crippen LogP contribution in [0.5, 0.6) is 0 Å². The molecule has 0 aromatic carbocycles. The number of nitrogens with two attached hydrogens (primary N) is 1. The van der Waals surface area contributed by atoms with Gasteiger partial charge in [-0.15, -0.1) is 0 Å². The standard InChI is InChI=1S/C10H17N/c1-6-7-4-5-8(9(7)11)10(6,2)3/h7-9H,1,4-5,11H2,2-3H3/t7-,8-,9+/m0/s1. The van der Waals surface area contributed by atoms with Crippen LogP contribution < -0.4 is 5.73 Å². The van der Waals surface area contributed by atoms with Crippen LogP contribution in [0.4, 0.5) is 0 Å². The van der Waals surface area contributed by atoms with Gasteiger partial charge in [-0.1, -0.05) is 26.0 Å². The summed E-state index contributed by atoms with van der Waals surface area (Å²) in [5, 5.41) is 0. The Hall–Kier alpha value is -0.300. The van der Waals surface area contributed by atoms with E-state index in [0.29, 0.717) is 23.3 Å². The summed E-state index contributed by atoms with van der Waals surface area (Å²) in [6.45, 7) is 8.74. The Balaban J connectivity index is 2.38. The minimum Gasteiger partial charge on any atom is -0.327 e. The highest BCUT2D eigenvalue weighted by Crippen LogP contribution is 2.57. The quantitative estimate of drug-likeness (QED) is 0.526. The molecule has 0 amide bonds. The van der Waals surface area contributed by atoms with Crippen LogP contribution in [0.2, 0.25) is 0 Å². The lowest BCUT2D eigenvalue weighted by Gasteiger charge is -2.31. The topological polar surface area (TPSA) is 26.0 Å². The van der Waals surface area contributed by atoms with E-state index in [0.717, 1.165) is 0 Å². The number of rotatable bonds is 0. The molecular weight excluding hydrogens is 134 g/mol. The number of fused-ring (bicyclic) bond motifs is 2. The molecule has 62 valence electrons. The molecule has 2 rings (SSSR count). The van der Waals surface area contributed by atoms with Crippen LogP contribution in [0.25, 0.3) is 0 Å². The molecule has 0 heterocycles. The molecule has 3 atom stereocenters. The van der Waals surface area contributed by atoms with Crippen molar-refractivity contribution in [3.63, 3.8) is 0 Å². The molecule has 0 aliphatic heterocycles. The highest BCUT2D eigenvalue weighted by Gasteiger charge is 2.53. The van der Waals surface area contributed by atoms with E-state index in [2.05, 4.69) is 20.4 Å². The van der Waals surface area contributed by atoms with E-state index >= 15 is 0 Å². The first kappa shape index (κ1) is 7.35. The molecule has 0 saturated heterocycles. The Morgan fingerprint density at radius 1 is 1.45 bits per heavy atom. The van der Waals surface area contributed by atoms with E-state index in [1.54, 1.807) is 0 Å². The van der Waals surface area contributed by atoms with E-state index in [1.165, 1.54) is 18.4 Å². The molecule has 0 unspecified atom stereocenters. The van der Waals surface area contributed by atoms with Crippen LogP contribution in [0.3, 0.4) is 0 Å². The largest absolute Gasteiger partial charge is 0.327 e. The maximum Gasteiger partial charge on any atom is 0.0141 e. The fourth-order valence-corrected chi connectivity index (χ4v) is 2.99. The number of hydrogen-bond acceptors (Lipinski definition) is 1. The molecule has 2 aliphatic carbocycles. The summed E-state index contributed by atoms with van der Waals surface area (Å²) in [5.41, 5.74) is 7.82. The predicted octanol–water partition coefficient (Wildman–Crippen LogP) is 1.94. The minimum absolute atomic E-state index is 0.322. The Morgan fingerprint density at radius 2 is 2.09 bits per heavy atom. The van der Waals surface area contributed by atoms with Crippen molar-refractivity contribution in [3.05, 3.63) is 12.2 Å². The molecule has 2 saturated carbocycles. The van der Waals surface area contributed by atoms with Gasteiger partial charge in [-0.25, -0.2) is 0 Å². The van der Waals surface area contributed by atoms with Crippen LogP contribution in [0.1, 0.15) is 26.7 Å². The maximum atomic E-state index is 6.09. The Kier molecular flexibility index (Phi) is 1.26. The van der Waals surface area contributed by atoms with Gasteiger partial charge in [0.1, 0.15) is 0 Å².